The molecule has 0 spiro atoms. The van der Waals surface area contributed by atoms with Crippen molar-refractivity contribution in [3.63, 3.8) is 0 Å². The number of para-hydroxylation sites is 2. The summed E-state index contributed by atoms with van der Waals surface area (Å²) in [7, 11) is 0. The number of ether oxygens (including phenoxy) is 1. The van der Waals surface area contributed by atoms with E-state index in [4.69, 9.17) is 4.74 Å². The van der Waals surface area contributed by atoms with Crippen molar-refractivity contribution in [1.82, 2.24) is 0 Å². The van der Waals surface area contributed by atoms with Gasteiger partial charge in [0.05, 0.1) is 0 Å². The van der Waals surface area contributed by atoms with Crippen LogP contribution in [-0.2, 0) is 0 Å². The molecule has 1 nitrogen and oxygen atoms in total. The quantitative estimate of drug-likeness (QED) is 0.244. The Bertz CT molecular complexity index is 658. The molecule has 0 aliphatic heterocycles. The molecule has 0 saturated heterocycles. The zero-order valence-electron chi connectivity index (χ0n) is 20.7. The van der Waals surface area contributed by atoms with Crippen molar-refractivity contribution in [1.29, 1.82) is 0 Å². The van der Waals surface area contributed by atoms with Gasteiger partial charge in [-0.25, -0.2) is 0 Å². The van der Waals surface area contributed by atoms with Gasteiger partial charge in [0.25, 0.3) is 0 Å². The van der Waals surface area contributed by atoms with Gasteiger partial charge in [0.2, 0.25) is 0 Å². The highest BCUT2D eigenvalue weighted by Crippen LogP contribution is 2.40. The fraction of sp³-hybridized carbons (Fsp3) is 0.600. The summed E-state index contributed by atoms with van der Waals surface area (Å²) in [6, 6.07) is 17.6. The molecule has 2 rings (SSSR count). The lowest BCUT2D eigenvalue weighted by atomic mass is 9.88. The SMILES string of the molecule is CCCCCC(CCC)c1ccccc1Oc1ccccc1C(CCC)CCCCC. The Balaban J connectivity index is 2.28. The van der Waals surface area contributed by atoms with E-state index in [1.807, 2.05) is 0 Å². The molecule has 172 valence electrons. The van der Waals surface area contributed by atoms with E-state index < -0.39 is 0 Å². The van der Waals surface area contributed by atoms with Crippen LogP contribution in [0.15, 0.2) is 48.5 Å². The van der Waals surface area contributed by atoms with Gasteiger partial charge in [-0.2, -0.15) is 0 Å². The molecule has 0 aromatic heterocycles. The van der Waals surface area contributed by atoms with Crippen LogP contribution in [0.1, 0.15) is 128 Å². The highest BCUT2D eigenvalue weighted by atomic mass is 16.5. The molecule has 0 aliphatic carbocycles. The van der Waals surface area contributed by atoms with Crippen LogP contribution in [0.2, 0.25) is 0 Å². The van der Waals surface area contributed by atoms with E-state index in [0.717, 1.165) is 11.5 Å². The summed E-state index contributed by atoms with van der Waals surface area (Å²) in [6.07, 6.45) is 15.3. The van der Waals surface area contributed by atoms with Crippen molar-refractivity contribution in [2.75, 3.05) is 0 Å². The van der Waals surface area contributed by atoms with Gasteiger partial charge in [-0.15, -0.1) is 0 Å². The second-order valence-electron chi connectivity index (χ2n) is 9.14. The molecule has 1 heteroatoms. The van der Waals surface area contributed by atoms with Crippen molar-refractivity contribution >= 4 is 0 Å². The van der Waals surface area contributed by atoms with Gasteiger partial charge >= 0.3 is 0 Å². The lowest BCUT2D eigenvalue weighted by Gasteiger charge is -2.23. The number of rotatable bonds is 16. The van der Waals surface area contributed by atoms with Crippen molar-refractivity contribution in [3.05, 3.63) is 59.7 Å². The second-order valence-corrected chi connectivity index (χ2v) is 9.14. The second kappa shape index (κ2) is 15.1. The van der Waals surface area contributed by atoms with Gasteiger partial charge in [-0.1, -0.05) is 115 Å². The molecule has 0 saturated carbocycles. The van der Waals surface area contributed by atoms with Crippen LogP contribution in [-0.4, -0.2) is 0 Å². The molecule has 31 heavy (non-hydrogen) atoms. The number of hydrogen-bond donors (Lipinski definition) is 0. The Hall–Kier alpha value is -1.76. The topological polar surface area (TPSA) is 9.23 Å². The predicted octanol–water partition coefficient (Wildman–Crippen LogP) is 10.4. The van der Waals surface area contributed by atoms with E-state index in [-0.39, 0.29) is 0 Å². The summed E-state index contributed by atoms with van der Waals surface area (Å²) >= 11 is 0. The molecule has 0 aliphatic rings. The summed E-state index contributed by atoms with van der Waals surface area (Å²) in [5, 5.41) is 0. The van der Waals surface area contributed by atoms with E-state index >= 15 is 0 Å². The van der Waals surface area contributed by atoms with E-state index in [1.54, 1.807) is 0 Å². The molecule has 2 atom stereocenters. The average molecular weight is 423 g/mol. The Morgan fingerprint density at radius 3 is 1.32 bits per heavy atom. The number of hydrogen-bond acceptors (Lipinski definition) is 1. The first-order valence-corrected chi connectivity index (χ1v) is 13.1. The van der Waals surface area contributed by atoms with Crippen LogP contribution in [0.5, 0.6) is 11.5 Å². The monoisotopic (exact) mass is 422 g/mol. The van der Waals surface area contributed by atoms with Crippen LogP contribution in [0.3, 0.4) is 0 Å². The summed E-state index contributed by atoms with van der Waals surface area (Å²) in [5.41, 5.74) is 2.79. The predicted molar refractivity (Wildman–Crippen MR) is 137 cm³/mol. The first-order chi connectivity index (χ1) is 15.2. The van der Waals surface area contributed by atoms with E-state index in [2.05, 4.69) is 76.2 Å². The Morgan fingerprint density at radius 1 is 0.516 bits per heavy atom. The Kier molecular flexibility index (Phi) is 12.4. The third kappa shape index (κ3) is 8.36. The fourth-order valence-corrected chi connectivity index (χ4v) is 4.83. The Labute approximate surface area is 192 Å². The highest BCUT2D eigenvalue weighted by Gasteiger charge is 2.19. The van der Waals surface area contributed by atoms with Gasteiger partial charge in [-0.3, -0.25) is 0 Å². The minimum atomic E-state index is 0.593. The van der Waals surface area contributed by atoms with E-state index in [9.17, 15) is 0 Å². The molecule has 0 fully saturated rings. The van der Waals surface area contributed by atoms with Crippen molar-refractivity contribution in [2.24, 2.45) is 0 Å². The van der Waals surface area contributed by atoms with Gasteiger partial charge < -0.3 is 4.74 Å². The van der Waals surface area contributed by atoms with Gasteiger partial charge in [0.1, 0.15) is 11.5 Å². The van der Waals surface area contributed by atoms with Crippen molar-refractivity contribution in [2.45, 2.75) is 117 Å². The minimum Gasteiger partial charge on any atom is -0.457 e. The average Bonchev–Trinajstić information content (AvgIpc) is 2.79. The lowest BCUT2D eigenvalue weighted by Crippen LogP contribution is -2.04. The molecule has 0 amide bonds. The molecule has 0 heterocycles. The molecule has 2 unspecified atom stereocenters. The number of unbranched alkanes of at least 4 members (excludes halogenated alkanes) is 4. The van der Waals surface area contributed by atoms with Gasteiger partial charge in [-0.05, 0) is 60.8 Å². The van der Waals surface area contributed by atoms with E-state index in [1.165, 1.54) is 88.2 Å². The smallest absolute Gasteiger partial charge is 0.130 e. The zero-order chi connectivity index (χ0) is 22.3. The summed E-state index contributed by atoms with van der Waals surface area (Å²) in [5.74, 6) is 3.31. The maximum Gasteiger partial charge on any atom is 0.130 e. The van der Waals surface area contributed by atoms with Gasteiger partial charge in [0, 0.05) is 0 Å². The van der Waals surface area contributed by atoms with E-state index in [0.29, 0.717) is 11.8 Å². The zero-order valence-corrected chi connectivity index (χ0v) is 20.7. The van der Waals surface area contributed by atoms with Crippen LogP contribution < -0.4 is 4.74 Å². The normalized spacial score (nSPS) is 13.2. The molecule has 0 N–H and O–H groups in total. The number of benzene rings is 2. The standard InChI is InChI=1S/C30H46O/c1-5-9-11-19-25(17-7-3)27-21-13-15-23-29(27)31-30-24-16-14-22-28(30)26(18-8-4)20-12-10-6-2/h13-16,21-26H,5-12,17-20H2,1-4H3. The first-order valence-electron chi connectivity index (χ1n) is 13.1. The minimum absolute atomic E-state index is 0.593. The van der Waals surface area contributed by atoms with Crippen molar-refractivity contribution < 1.29 is 4.74 Å². The molecule has 2 aromatic rings. The van der Waals surface area contributed by atoms with Crippen LogP contribution >= 0.6 is 0 Å². The molecular formula is C30H46O. The van der Waals surface area contributed by atoms with Crippen LogP contribution in [0.4, 0.5) is 0 Å². The highest BCUT2D eigenvalue weighted by molar-refractivity contribution is 5.44. The third-order valence-corrected chi connectivity index (χ3v) is 6.52. The summed E-state index contributed by atoms with van der Waals surface area (Å²) < 4.78 is 6.71. The lowest BCUT2D eigenvalue weighted by molar-refractivity contribution is 0.437. The molecule has 2 aromatic carbocycles. The third-order valence-electron chi connectivity index (χ3n) is 6.52. The fourth-order valence-electron chi connectivity index (χ4n) is 4.83. The summed E-state index contributed by atoms with van der Waals surface area (Å²) in [6.45, 7) is 9.18. The largest absolute Gasteiger partial charge is 0.457 e. The maximum atomic E-state index is 6.71. The van der Waals surface area contributed by atoms with Gasteiger partial charge in [0.15, 0.2) is 0 Å². The summed E-state index contributed by atoms with van der Waals surface area (Å²) in [4.78, 5) is 0. The Morgan fingerprint density at radius 2 is 0.935 bits per heavy atom. The molecule has 0 bridgehead atoms. The molecular weight excluding hydrogens is 376 g/mol. The van der Waals surface area contributed by atoms with Crippen molar-refractivity contribution in [3.8, 4) is 11.5 Å². The first kappa shape index (κ1) is 25.5. The maximum absolute atomic E-state index is 6.71. The molecule has 0 radical (unpaired) electrons. The van der Waals surface area contributed by atoms with Crippen LogP contribution in [0, 0.1) is 0 Å². The van der Waals surface area contributed by atoms with Crippen LogP contribution in [0.25, 0.3) is 0 Å².